The highest BCUT2D eigenvalue weighted by Crippen LogP contribution is 2.26. The number of halogens is 1. The molecule has 0 heterocycles. The lowest BCUT2D eigenvalue weighted by Crippen LogP contribution is -2.54. The van der Waals surface area contributed by atoms with Crippen molar-refractivity contribution in [2.24, 2.45) is 0 Å². The molecular weight excluding hydrogens is 424 g/mol. The van der Waals surface area contributed by atoms with Crippen molar-refractivity contribution < 1.29 is 14.3 Å². The molecule has 1 N–H and O–H groups in total. The highest BCUT2D eigenvalue weighted by molar-refractivity contribution is 6.31. The van der Waals surface area contributed by atoms with Crippen molar-refractivity contribution in [2.45, 2.75) is 72.0 Å². The number of nitrogens with zero attached hydrogens (tertiary/aromatic N) is 1. The Hall–Kier alpha value is -2.53. The quantitative estimate of drug-likeness (QED) is 0.534. The van der Waals surface area contributed by atoms with Gasteiger partial charge >= 0.3 is 0 Å². The van der Waals surface area contributed by atoms with Crippen LogP contribution in [0, 0.1) is 0 Å². The maximum atomic E-state index is 13.4. The molecule has 0 spiro atoms. The number of para-hydroxylation sites is 1. The molecule has 32 heavy (non-hydrogen) atoms. The topological polar surface area (TPSA) is 58.6 Å². The maximum Gasteiger partial charge on any atom is 0.261 e. The Morgan fingerprint density at radius 3 is 2.28 bits per heavy atom. The van der Waals surface area contributed by atoms with Gasteiger partial charge in [-0.05, 0) is 56.4 Å². The van der Waals surface area contributed by atoms with Crippen LogP contribution in [0.2, 0.25) is 5.02 Å². The summed E-state index contributed by atoms with van der Waals surface area (Å²) in [5.74, 6) is 0.490. The lowest BCUT2D eigenvalue weighted by Gasteiger charge is -2.33. The van der Waals surface area contributed by atoms with E-state index in [-0.39, 0.29) is 30.9 Å². The van der Waals surface area contributed by atoms with Crippen molar-refractivity contribution in [3.05, 3.63) is 64.7 Å². The van der Waals surface area contributed by atoms with Crippen LogP contribution in [0.4, 0.5) is 0 Å². The molecule has 6 heteroatoms. The Morgan fingerprint density at radius 2 is 1.69 bits per heavy atom. The van der Waals surface area contributed by atoms with Crippen molar-refractivity contribution in [3.8, 4) is 5.75 Å². The Balaban J connectivity index is 2.29. The number of rotatable bonds is 9. The summed E-state index contributed by atoms with van der Waals surface area (Å²) in [5, 5.41) is 3.55. The summed E-state index contributed by atoms with van der Waals surface area (Å²) < 4.78 is 5.93. The second kappa shape index (κ2) is 11.4. The van der Waals surface area contributed by atoms with E-state index in [4.69, 9.17) is 16.3 Å². The van der Waals surface area contributed by atoms with Crippen LogP contribution in [0.5, 0.6) is 5.75 Å². The zero-order chi connectivity index (χ0) is 23.9. The minimum Gasteiger partial charge on any atom is -0.483 e. The first-order chi connectivity index (χ1) is 15.0. The first-order valence-electron chi connectivity index (χ1n) is 11.1. The standard InChI is InChI=1S/C26H35ClN2O3/c1-7-22(25(31)28-26(4,5)6)29(16-19-12-8-10-14-21(19)27)24(30)17-32-23-15-11-9-13-20(23)18(2)3/h8-15,18,22H,7,16-17H2,1-6H3,(H,28,31)/t22-/m1/s1. The maximum absolute atomic E-state index is 13.4. The van der Waals surface area contributed by atoms with E-state index < -0.39 is 11.6 Å². The molecule has 2 amide bonds. The number of benzene rings is 2. The van der Waals surface area contributed by atoms with Crippen LogP contribution in [0.1, 0.15) is 65.0 Å². The molecular formula is C26H35ClN2O3. The van der Waals surface area contributed by atoms with E-state index in [2.05, 4.69) is 19.2 Å². The van der Waals surface area contributed by atoms with Crippen LogP contribution < -0.4 is 10.1 Å². The second-order valence-electron chi connectivity index (χ2n) is 9.26. The Labute approximate surface area is 197 Å². The number of nitrogens with one attached hydrogen (secondary N) is 1. The van der Waals surface area contributed by atoms with Gasteiger partial charge in [-0.1, -0.05) is 68.8 Å². The predicted octanol–water partition coefficient (Wildman–Crippen LogP) is 5.56. The van der Waals surface area contributed by atoms with E-state index in [9.17, 15) is 9.59 Å². The van der Waals surface area contributed by atoms with E-state index in [0.29, 0.717) is 17.2 Å². The molecule has 1 atom stereocenters. The van der Waals surface area contributed by atoms with Crippen LogP contribution in [0.25, 0.3) is 0 Å². The van der Waals surface area contributed by atoms with Crippen LogP contribution in [0.15, 0.2) is 48.5 Å². The lowest BCUT2D eigenvalue weighted by molar-refractivity contribution is -0.143. The molecule has 2 aromatic rings. The molecule has 174 valence electrons. The minimum atomic E-state index is -0.637. The molecule has 5 nitrogen and oxygen atoms in total. The summed E-state index contributed by atoms with van der Waals surface area (Å²) in [4.78, 5) is 28.0. The Morgan fingerprint density at radius 1 is 1.06 bits per heavy atom. The van der Waals surface area contributed by atoms with Gasteiger partial charge < -0.3 is 15.0 Å². The average Bonchev–Trinajstić information content (AvgIpc) is 2.72. The largest absolute Gasteiger partial charge is 0.483 e. The number of carbonyl (C=O) groups excluding carboxylic acids is 2. The SMILES string of the molecule is CC[C@H](C(=O)NC(C)(C)C)N(Cc1ccccc1Cl)C(=O)COc1ccccc1C(C)C. The van der Waals surface area contributed by atoms with Crippen LogP contribution in [-0.4, -0.2) is 34.9 Å². The van der Waals surface area contributed by atoms with Gasteiger partial charge in [0.05, 0.1) is 0 Å². The van der Waals surface area contributed by atoms with Crippen LogP contribution >= 0.6 is 11.6 Å². The lowest BCUT2D eigenvalue weighted by atomic mass is 10.0. The first-order valence-corrected chi connectivity index (χ1v) is 11.5. The minimum absolute atomic E-state index is 0.159. The fraction of sp³-hybridized carbons (Fsp3) is 0.462. The number of ether oxygens (including phenoxy) is 1. The van der Waals surface area contributed by atoms with Crippen LogP contribution in [0.3, 0.4) is 0 Å². The van der Waals surface area contributed by atoms with Crippen molar-refractivity contribution in [2.75, 3.05) is 6.61 Å². The zero-order valence-electron chi connectivity index (χ0n) is 19.9. The van der Waals surface area contributed by atoms with E-state index in [0.717, 1.165) is 11.1 Å². The molecule has 0 aromatic heterocycles. The van der Waals surface area contributed by atoms with Crippen molar-refractivity contribution >= 4 is 23.4 Å². The first kappa shape index (κ1) is 25.7. The normalized spacial score (nSPS) is 12.4. The summed E-state index contributed by atoms with van der Waals surface area (Å²) in [6, 6.07) is 14.4. The van der Waals surface area contributed by atoms with Gasteiger partial charge in [-0.25, -0.2) is 0 Å². The second-order valence-corrected chi connectivity index (χ2v) is 9.66. The summed E-state index contributed by atoms with van der Waals surface area (Å²) in [5.41, 5.74) is 1.42. The third-order valence-corrected chi connectivity index (χ3v) is 5.44. The van der Waals surface area contributed by atoms with Crippen molar-refractivity contribution in [1.82, 2.24) is 10.2 Å². The van der Waals surface area contributed by atoms with Gasteiger partial charge in [0.2, 0.25) is 5.91 Å². The molecule has 0 radical (unpaired) electrons. The van der Waals surface area contributed by atoms with Crippen LogP contribution in [-0.2, 0) is 16.1 Å². The molecule has 0 bridgehead atoms. The average molecular weight is 459 g/mol. The van der Waals surface area contributed by atoms with E-state index >= 15 is 0 Å². The van der Waals surface area contributed by atoms with Gasteiger partial charge in [-0.2, -0.15) is 0 Å². The van der Waals surface area contributed by atoms with Gasteiger partial charge in [0.25, 0.3) is 5.91 Å². The predicted molar refractivity (Wildman–Crippen MR) is 130 cm³/mol. The Kier molecular flexibility index (Phi) is 9.14. The van der Waals surface area contributed by atoms with Gasteiger partial charge in [0, 0.05) is 17.1 Å². The summed E-state index contributed by atoms with van der Waals surface area (Å²) in [6.45, 7) is 11.9. The highest BCUT2D eigenvalue weighted by Gasteiger charge is 2.31. The molecule has 0 unspecified atom stereocenters. The van der Waals surface area contributed by atoms with Gasteiger partial charge in [0.1, 0.15) is 11.8 Å². The number of amides is 2. The molecule has 0 fully saturated rings. The smallest absolute Gasteiger partial charge is 0.261 e. The van der Waals surface area contributed by atoms with E-state index in [1.54, 1.807) is 11.0 Å². The number of hydrogen-bond donors (Lipinski definition) is 1. The third-order valence-electron chi connectivity index (χ3n) is 5.07. The molecule has 2 rings (SSSR count). The molecule has 2 aromatic carbocycles. The Bertz CT molecular complexity index is 921. The number of hydrogen-bond acceptors (Lipinski definition) is 3. The van der Waals surface area contributed by atoms with E-state index in [1.165, 1.54) is 0 Å². The molecule has 0 aliphatic heterocycles. The summed E-state index contributed by atoms with van der Waals surface area (Å²) in [6.07, 6.45) is 0.473. The molecule has 0 saturated heterocycles. The zero-order valence-corrected chi connectivity index (χ0v) is 20.7. The fourth-order valence-corrected chi connectivity index (χ4v) is 3.69. The van der Waals surface area contributed by atoms with Gasteiger partial charge in [-0.3, -0.25) is 9.59 Å². The molecule has 0 aliphatic carbocycles. The van der Waals surface area contributed by atoms with Crippen molar-refractivity contribution in [3.63, 3.8) is 0 Å². The van der Waals surface area contributed by atoms with Crippen molar-refractivity contribution in [1.29, 1.82) is 0 Å². The molecule has 0 saturated carbocycles. The van der Waals surface area contributed by atoms with Gasteiger partial charge in [0.15, 0.2) is 6.61 Å². The molecule has 0 aliphatic rings. The fourth-order valence-electron chi connectivity index (χ4n) is 3.49. The highest BCUT2D eigenvalue weighted by atomic mass is 35.5. The monoisotopic (exact) mass is 458 g/mol. The number of carbonyl (C=O) groups is 2. The van der Waals surface area contributed by atoms with Gasteiger partial charge in [-0.15, -0.1) is 0 Å². The summed E-state index contributed by atoms with van der Waals surface area (Å²) >= 11 is 6.37. The van der Waals surface area contributed by atoms with E-state index in [1.807, 2.05) is 70.2 Å². The summed E-state index contributed by atoms with van der Waals surface area (Å²) in [7, 11) is 0. The third kappa shape index (κ3) is 7.27.